The fourth-order valence-electron chi connectivity index (χ4n) is 2.75. The predicted molar refractivity (Wildman–Crippen MR) is 102 cm³/mol. The fraction of sp³-hybridized carbons (Fsp3) is 0.158. The number of fused-ring (bicyclic) bond motifs is 1. The second-order valence-electron chi connectivity index (χ2n) is 5.69. The van der Waals surface area contributed by atoms with Crippen LogP contribution in [0, 0.1) is 0 Å². The van der Waals surface area contributed by atoms with E-state index >= 15 is 0 Å². The molecule has 132 valence electrons. The smallest absolute Gasteiger partial charge is 0.265 e. The molecule has 0 aliphatic carbocycles. The van der Waals surface area contributed by atoms with E-state index in [9.17, 15) is 4.79 Å². The maximum atomic E-state index is 12.4. The molecule has 0 atom stereocenters. The Morgan fingerprint density at radius 1 is 1.23 bits per heavy atom. The van der Waals surface area contributed by atoms with Crippen molar-refractivity contribution in [3.8, 4) is 22.8 Å². The van der Waals surface area contributed by atoms with Crippen LogP contribution in [0.2, 0.25) is 5.02 Å². The topological polar surface area (TPSA) is 51.7 Å². The van der Waals surface area contributed by atoms with Crippen LogP contribution in [0.25, 0.3) is 11.3 Å². The highest BCUT2D eigenvalue weighted by Crippen LogP contribution is 2.35. The lowest BCUT2D eigenvalue weighted by molar-refractivity contribution is -0.121. The van der Waals surface area contributed by atoms with E-state index < -0.39 is 0 Å². The van der Waals surface area contributed by atoms with E-state index in [-0.39, 0.29) is 12.5 Å². The van der Waals surface area contributed by atoms with Crippen LogP contribution < -0.4 is 14.4 Å². The Hall–Kier alpha value is -2.57. The van der Waals surface area contributed by atoms with Gasteiger partial charge in [-0.15, -0.1) is 11.3 Å². The maximum absolute atomic E-state index is 12.4. The van der Waals surface area contributed by atoms with Crippen molar-refractivity contribution in [1.82, 2.24) is 4.98 Å². The maximum Gasteiger partial charge on any atom is 0.265 e. The summed E-state index contributed by atoms with van der Waals surface area (Å²) in [4.78, 5) is 18.4. The Morgan fingerprint density at radius 3 is 2.85 bits per heavy atom. The Bertz CT molecular complexity index is 913. The van der Waals surface area contributed by atoms with Gasteiger partial charge in [-0.3, -0.25) is 4.79 Å². The Morgan fingerprint density at radius 2 is 2.08 bits per heavy atom. The highest BCUT2D eigenvalue weighted by atomic mass is 35.5. The first-order chi connectivity index (χ1) is 12.7. The van der Waals surface area contributed by atoms with Gasteiger partial charge in [-0.25, -0.2) is 4.98 Å². The Kier molecular flexibility index (Phi) is 4.77. The molecule has 4 rings (SSSR count). The van der Waals surface area contributed by atoms with Gasteiger partial charge in [0, 0.05) is 16.0 Å². The largest absolute Gasteiger partial charge is 0.492 e. The number of benzene rings is 2. The van der Waals surface area contributed by atoms with Crippen molar-refractivity contribution in [2.24, 2.45) is 0 Å². The van der Waals surface area contributed by atoms with E-state index in [0.29, 0.717) is 29.7 Å². The van der Waals surface area contributed by atoms with Gasteiger partial charge >= 0.3 is 0 Å². The van der Waals surface area contributed by atoms with Gasteiger partial charge in [0.05, 0.1) is 23.4 Å². The molecule has 5 nitrogen and oxygen atoms in total. The summed E-state index contributed by atoms with van der Waals surface area (Å²) in [6, 6.07) is 12.9. The number of halogens is 1. The molecule has 2 aromatic carbocycles. The summed E-state index contributed by atoms with van der Waals surface area (Å²) in [5.74, 6) is 1.31. The van der Waals surface area contributed by atoms with Crippen LogP contribution in [0.3, 0.4) is 0 Å². The van der Waals surface area contributed by atoms with Gasteiger partial charge in [-0.1, -0.05) is 11.6 Å². The molecule has 0 bridgehead atoms. The Balaban J connectivity index is 1.52. The first-order valence-electron chi connectivity index (χ1n) is 8.05. The lowest BCUT2D eigenvalue weighted by atomic mass is 10.1. The molecule has 1 aromatic heterocycles. The average Bonchev–Trinajstić information content (AvgIpc) is 3.19. The number of carbonyl (C=O) groups is 1. The van der Waals surface area contributed by atoms with Crippen molar-refractivity contribution < 1.29 is 14.3 Å². The minimum absolute atomic E-state index is 0.0317. The van der Waals surface area contributed by atoms with Gasteiger partial charge in [0.2, 0.25) is 0 Å². The van der Waals surface area contributed by atoms with Gasteiger partial charge in [0.15, 0.2) is 6.61 Å². The van der Waals surface area contributed by atoms with Gasteiger partial charge in [-0.05, 0) is 42.5 Å². The number of nitrogens with zero attached hydrogens (tertiary/aromatic N) is 2. The van der Waals surface area contributed by atoms with Crippen LogP contribution >= 0.6 is 22.9 Å². The fourth-order valence-corrected chi connectivity index (χ4v) is 3.43. The zero-order valence-electron chi connectivity index (χ0n) is 13.7. The summed E-state index contributed by atoms with van der Waals surface area (Å²) in [6.07, 6.45) is 0. The van der Waals surface area contributed by atoms with Crippen LogP contribution in [-0.2, 0) is 4.79 Å². The van der Waals surface area contributed by atoms with E-state index in [4.69, 9.17) is 21.1 Å². The number of amides is 1. The SMILES string of the molecule is O=C1COc2ccc(-c3cscn3)cc2N1CCOc1ccc(Cl)cc1. The van der Waals surface area contributed by atoms with Gasteiger partial charge in [-0.2, -0.15) is 0 Å². The number of carbonyl (C=O) groups excluding carboxylic acids is 1. The molecule has 0 spiro atoms. The van der Waals surface area contributed by atoms with E-state index in [2.05, 4.69) is 4.98 Å². The first kappa shape index (κ1) is 16.9. The van der Waals surface area contributed by atoms with Crippen molar-refractivity contribution >= 4 is 34.5 Å². The number of thiazole rings is 1. The molecule has 1 aliphatic rings. The molecule has 0 unspecified atom stereocenters. The number of aromatic nitrogens is 1. The van der Waals surface area contributed by atoms with Crippen LogP contribution in [0.4, 0.5) is 5.69 Å². The van der Waals surface area contributed by atoms with Crippen LogP contribution in [0.1, 0.15) is 0 Å². The van der Waals surface area contributed by atoms with Gasteiger partial charge < -0.3 is 14.4 Å². The number of hydrogen-bond donors (Lipinski definition) is 0. The van der Waals surface area contributed by atoms with E-state index in [0.717, 1.165) is 16.9 Å². The summed E-state index contributed by atoms with van der Waals surface area (Å²) in [5.41, 5.74) is 4.36. The highest BCUT2D eigenvalue weighted by Gasteiger charge is 2.26. The summed E-state index contributed by atoms with van der Waals surface area (Å²) in [5, 5.41) is 2.63. The van der Waals surface area contributed by atoms with Gasteiger partial charge in [0.25, 0.3) is 5.91 Å². The average molecular weight is 387 g/mol. The number of ether oxygens (including phenoxy) is 2. The van der Waals surface area contributed by atoms with Crippen molar-refractivity contribution in [1.29, 1.82) is 0 Å². The minimum atomic E-state index is -0.0902. The molecule has 1 amide bonds. The van der Waals surface area contributed by atoms with E-state index in [1.54, 1.807) is 34.7 Å². The first-order valence-corrected chi connectivity index (χ1v) is 9.37. The Labute approximate surface area is 159 Å². The third-order valence-corrected chi connectivity index (χ3v) is 4.87. The van der Waals surface area contributed by atoms with Gasteiger partial charge in [0.1, 0.15) is 18.1 Å². The summed E-state index contributed by atoms with van der Waals surface area (Å²) in [7, 11) is 0. The van der Waals surface area contributed by atoms with Crippen LogP contribution in [0.15, 0.2) is 53.4 Å². The number of hydrogen-bond acceptors (Lipinski definition) is 5. The van der Waals surface area contributed by atoms with Crippen molar-refractivity contribution in [3.63, 3.8) is 0 Å². The molecule has 0 N–H and O–H groups in total. The van der Waals surface area contributed by atoms with Crippen molar-refractivity contribution in [3.05, 3.63) is 58.4 Å². The molecule has 0 fully saturated rings. The standard InChI is InChI=1S/C19H15ClN2O3S/c20-14-2-4-15(5-3-14)24-8-7-22-17-9-13(16-11-26-12-21-16)1-6-18(17)25-10-19(22)23/h1-6,9,11-12H,7-8,10H2. The van der Waals surface area contributed by atoms with Crippen LogP contribution in [-0.4, -0.2) is 30.6 Å². The zero-order valence-corrected chi connectivity index (χ0v) is 15.3. The summed E-state index contributed by atoms with van der Waals surface area (Å²) >= 11 is 7.41. The second kappa shape index (κ2) is 7.35. The molecule has 0 radical (unpaired) electrons. The monoisotopic (exact) mass is 386 g/mol. The molecule has 26 heavy (non-hydrogen) atoms. The number of anilines is 1. The third kappa shape index (κ3) is 3.52. The van der Waals surface area contributed by atoms with E-state index in [1.807, 2.05) is 23.6 Å². The molecular weight excluding hydrogens is 372 g/mol. The predicted octanol–water partition coefficient (Wildman–Crippen LogP) is 4.27. The molecule has 0 saturated heterocycles. The van der Waals surface area contributed by atoms with Crippen molar-refractivity contribution in [2.75, 3.05) is 24.7 Å². The van der Waals surface area contributed by atoms with Crippen LogP contribution in [0.5, 0.6) is 11.5 Å². The zero-order chi connectivity index (χ0) is 17.9. The normalized spacial score (nSPS) is 13.3. The summed E-state index contributed by atoms with van der Waals surface area (Å²) in [6.45, 7) is 0.829. The molecule has 2 heterocycles. The highest BCUT2D eigenvalue weighted by molar-refractivity contribution is 7.07. The number of rotatable bonds is 5. The minimum Gasteiger partial charge on any atom is -0.492 e. The molecule has 0 saturated carbocycles. The molecule has 7 heteroatoms. The van der Waals surface area contributed by atoms with E-state index in [1.165, 1.54) is 11.3 Å². The third-order valence-electron chi connectivity index (χ3n) is 4.03. The summed E-state index contributed by atoms with van der Waals surface area (Å²) < 4.78 is 11.3. The van der Waals surface area contributed by atoms with Crippen molar-refractivity contribution in [2.45, 2.75) is 0 Å². The molecular formula is C19H15ClN2O3S. The quantitative estimate of drug-likeness (QED) is 0.657. The second-order valence-corrected chi connectivity index (χ2v) is 6.85. The molecule has 1 aliphatic heterocycles. The molecule has 3 aromatic rings. The lowest BCUT2D eigenvalue weighted by Gasteiger charge is -2.29. The lowest BCUT2D eigenvalue weighted by Crippen LogP contribution is -2.41.